The van der Waals surface area contributed by atoms with Gasteiger partial charge >= 0.3 is 0 Å². The lowest BCUT2D eigenvalue weighted by atomic mass is 9.99. The fourth-order valence-corrected chi connectivity index (χ4v) is 4.32. The van der Waals surface area contributed by atoms with Gasteiger partial charge in [0.1, 0.15) is 5.54 Å². The van der Waals surface area contributed by atoms with Gasteiger partial charge in [-0.05, 0) is 32.2 Å². The predicted octanol–water partition coefficient (Wildman–Crippen LogP) is 0.531. The molecule has 2 fully saturated rings. The molecule has 1 heterocycles. The van der Waals surface area contributed by atoms with Crippen molar-refractivity contribution in [1.82, 2.24) is 10.2 Å². The molecule has 1 saturated heterocycles. The van der Waals surface area contributed by atoms with Crippen molar-refractivity contribution in [2.45, 2.75) is 44.2 Å². The normalized spacial score (nSPS) is 35.1. The summed E-state index contributed by atoms with van der Waals surface area (Å²) in [5, 5.41) is 12.8. The van der Waals surface area contributed by atoms with Crippen LogP contribution in [0.25, 0.3) is 0 Å². The first-order valence-electron chi connectivity index (χ1n) is 7.11. The Morgan fingerprint density at radius 3 is 2.68 bits per heavy atom. The standard InChI is InChI=1S/C13H23N3O2S/c1-2-5-15-13(11-14)4-3-12(10-13)16-6-8-19(17,18)9-7-16/h12,15H,2-10H2,1H3. The van der Waals surface area contributed by atoms with E-state index in [1.165, 1.54) is 0 Å². The SMILES string of the molecule is CCCNC1(C#N)CCC(N2CCS(=O)(=O)CC2)C1. The second-order valence-corrected chi connectivity index (χ2v) is 8.01. The van der Waals surface area contributed by atoms with Crippen LogP contribution in [0.4, 0.5) is 0 Å². The van der Waals surface area contributed by atoms with Crippen molar-refractivity contribution in [3.63, 3.8) is 0 Å². The molecule has 2 rings (SSSR count). The third-order valence-corrected chi connectivity index (χ3v) is 5.92. The Bertz CT molecular complexity index is 443. The summed E-state index contributed by atoms with van der Waals surface area (Å²) in [5.41, 5.74) is -0.392. The minimum atomic E-state index is -2.82. The van der Waals surface area contributed by atoms with Gasteiger partial charge in [-0.25, -0.2) is 8.42 Å². The number of nitrogens with one attached hydrogen (secondary N) is 1. The minimum Gasteiger partial charge on any atom is -0.299 e. The van der Waals surface area contributed by atoms with Gasteiger partial charge in [0.15, 0.2) is 9.84 Å². The fraction of sp³-hybridized carbons (Fsp3) is 0.923. The van der Waals surface area contributed by atoms with E-state index in [1.54, 1.807) is 0 Å². The fourth-order valence-electron chi connectivity index (χ4n) is 3.09. The first-order chi connectivity index (χ1) is 9.00. The molecule has 0 spiro atoms. The van der Waals surface area contributed by atoms with Crippen LogP contribution in [-0.2, 0) is 9.84 Å². The number of hydrogen-bond acceptors (Lipinski definition) is 5. The molecule has 0 aromatic rings. The third-order valence-electron chi connectivity index (χ3n) is 4.31. The van der Waals surface area contributed by atoms with Crippen LogP contribution in [0.5, 0.6) is 0 Å². The van der Waals surface area contributed by atoms with E-state index >= 15 is 0 Å². The maximum Gasteiger partial charge on any atom is 0.152 e. The van der Waals surface area contributed by atoms with Gasteiger partial charge in [0.25, 0.3) is 0 Å². The molecule has 0 aromatic carbocycles. The molecule has 5 nitrogen and oxygen atoms in total. The maximum absolute atomic E-state index is 11.4. The molecule has 6 heteroatoms. The van der Waals surface area contributed by atoms with Crippen molar-refractivity contribution in [2.24, 2.45) is 0 Å². The molecule has 1 aliphatic carbocycles. The van der Waals surface area contributed by atoms with Crippen LogP contribution in [-0.4, -0.2) is 56.0 Å². The highest BCUT2D eigenvalue weighted by Crippen LogP contribution is 2.33. The van der Waals surface area contributed by atoms with Gasteiger partial charge in [0.05, 0.1) is 17.6 Å². The molecular formula is C13H23N3O2S. The number of nitriles is 1. The lowest BCUT2D eigenvalue weighted by Crippen LogP contribution is -2.48. The molecule has 0 aromatic heterocycles. The molecule has 1 saturated carbocycles. The van der Waals surface area contributed by atoms with Crippen LogP contribution in [0.3, 0.4) is 0 Å². The van der Waals surface area contributed by atoms with Crippen molar-refractivity contribution in [3.05, 3.63) is 0 Å². The van der Waals surface area contributed by atoms with Crippen molar-refractivity contribution in [3.8, 4) is 6.07 Å². The number of hydrogen-bond donors (Lipinski definition) is 1. The number of sulfone groups is 1. The van der Waals surface area contributed by atoms with Crippen LogP contribution >= 0.6 is 0 Å². The topological polar surface area (TPSA) is 73.2 Å². The van der Waals surface area contributed by atoms with E-state index in [1.807, 2.05) is 0 Å². The summed E-state index contributed by atoms with van der Waals surface area (Å²) in [7, 11) is -2.82. The monoisotopic (exact) mass is 285 g/mol. The van der Waals surface area contributed by atoms with E-state index in [-0.39, 0.29) is 11.5 Å². The molecule has 1 N–H and O–H groups in total. The van der Waals surface area contributed by atoms with E-state index in [0.29, 0.717) is 19.1 Å². The predicted molar refractivity (Wildman–Crippen MR) is 74.5 cm³/mol. The first-order valence-corrected chi connectivity index (χ1v) is 8.93. The van der Waals surface area contributed by atoms with E-state index < -0.39 is 15.4 Å². The highest BCUT2D eigenvalue weighted by molar-refractivity contribution is 7.91. The molecule has 2 atom stereocenters. The smallest absolute Gasteiger partial charge is 0.152 e. The third kappa shape index (κ3) is 3.47. The lowest BCUT2D eigenvalue weighted by Gasteiger charge is -2.33. The maximum atomic E-state index is 11.4. The second kappa shape index (κ2) is 5.78. The average Bonchev–Trinajstić information content (AvgIpc) is 2.81. The zero-order valence-corrected chi connectivity index (χ0v) is 12.4. The van der Waals surface area contributed by atoms with E-state index in [4.69, 9.17) is 0 Å². The Morgan fingerprint density at radius 2 is 2.11 bits per heavy atom. The zero-order chi connectivity index (χ0) is 13.9. The van der Waals surface area contributed by atoms with Gasteiger partial charge in [-0.15, -0.1) is 0 Å². The van der Waals surface area contributed by atoms with E-state index in [2.05, 4.69) is 23.2 Å². The summed E-state index contributed by atoms with van der Waals surface area (Å²) < 4.78 is 22.9. The quantitative estimate of drug-likeness (QED) is 0.816. The minimum absolute atomic E-state index is 0.269. The average molecular weight is 285 g/mol. The number of nitrogens with zero attached hydrogens (tertiary/aromatic N) is 2. The van der Waals surface area contributed by atoms with Crippen LogP contribution < -0.4 is 5.32 Å². The van der Waals surface area contributed by atoms with Gasteiger partial charge in [-0.3, -0.25) is 10.2 Å². The summed E-state index contributed by atoms with van der Waals surface area (Å²) in [6.45, 7) is 4.22. The molecular weight excluding hydrogens is 262 g/mol. The summed E-state index contributed by atoms with van der Waals surface area (Å²) >= 11 is 0. The van der Waals surface area contributed by atoms with Gasteiger partial charge in [0, 0.05) is 19.1 Å². The lowest BCUT2D eigenvalue weighted by molar-refractivity contribution is 0.208. The van der Waals surface area contributed by atoms with Crippen LogP contribution in [0.1, 0.15) is 32.6 Å². The molecule has 2 unspecified atom stereocenters. The van der Waals surface area contributed by atoms with Crippen LogP contribution in [0, 0.1) is 11.3 Å². The molecule has 108 valence electrons. The Labute approximate surface area is 115 Å². The zero-order valence-electron chi connectivity index (χ0n) is 11.6. The molecule has 2 aliphatic rings. The molecule has 0 bridgehead atoms. The molecule has 19 heavy (non-hydrogen) atoms. The van der Waals surface area contributed by atoms with Crippen molar-refractivity contribution in [2.75, 3.05) is 31.1 Å². The van der Waals surface area contributed by atoms with Crippen LogP contribution in [0.2, 0.25) is 0 Å². The van der Waals surface area contributed by atoms with Crippen molar-refractivity contribution >= 4 is 9.84 Å². The molecule has 0 amide bonds. The summed E-state index contributed by atoms with van der Waals surface area (Å²) in [6, 6.07) is 2.80. The Morgan fingerprint density at radius 1 is 1.42 bits per heavy atom. The molecule has 1 aliphatic heterocycles. The van der Waals surface area contributed by atoms with Gasteiger partial charge in [-0.2, -0.15) is 5.26 Å². The molecule has 0 radical (unpaired) electrons. The summed E-state index contributed by atoms with van der Waals surface area (Å²) in [4.78, 5) is 2.26. The van der Waals surface area contributed by atoms with E-state index in [9.17, 15) is 13.7 Å². The van der Waals surface area contributed by atoms with Crippen LogP contribution in [0.15, 0.2) is 0 Å². The summed E-state index contributed by atoms with van der Waals surface area (Å²) in [5.74, 6) is 0.539. The highest BCUT2D eigenvalue weighted by Gasteiger charge is 2.42. The first kappa shape index (κ1) is 14.8. The largest absolute Gasteiger partial charge is 0.299 e. The van der Waals surface area contributed by atoms with Gasteiger partial charge in [-0.1, -0.05) is 6.92 Å². The Kier molecular flexibility index (Phi) is 4.49. The highest BCUT2D eigenvalue weighted by atomic mass is 32.2. The Hall–Kier alpha value is -0.640. The van der Waals surface area contributed by atoms with Gasteiger partial charge in [0.2, 0.25) is 0 Å². The Balaban J connectivity index is 1.93. The van der Waals surface area contributed by atoms with Crippen molar-refractivity contribution in [1.29, 1.82) is 5.26 Å². The van der Waals surface area contributed by atoms with Gasteiger partial charge < -0.3 is 0 Å². The second-order valence-electron chi connectivity index (χ2n) is 5.71. The van der Waals surface area contributed by atoms with Crippen molar-refractivity contribution < 1.29 is 8.42 Å². The summed E-state index contributed by atoms with van der Waals surface area (Å²) in [6.07, 6.45) is 3.71. The van der Waals surface area contributed by atoms with E-state index in [0.717, 1.165) is 32.2 Å². The number of rotatable bonds is 4.